The molecule has 2 rings (SSSR count). The molecule has 0 saturated heterocycles. The Morgan fingerprint density at radius 2 is 2.10 bits per heavy atom. The van der Waals surface area contributed by atoms with Crippen molar-refractivity contribution in [3.05, 3.63) is 44.9 Å². The fourth-order valence-corrected chi connectivity index (χ4v) is 2.63. The number of halogens is 4. The molecule has 2 aromatic rings. The molecule has 3 nitrogen and oxygen atoms in total. The Hall–Kier alpha value is -1.60. The number of ether oxygens (including phenoxy) is 1. The molecule has 0 fully saturated rings. The van der Waals surface area contributed by atoms with Gasteiger partial charge in [0.25, 0.3) is 0 Å². The second kappa shape index (κ2) is 5.41. The lowest BCUT2D eigenvalue weighted by Crippen LogP contribution is -2.12. The smallest absolute Gasteiger partial charge is 0.434 e. The van der Waals surface area contributed by atoms with Crippen LogP contribution in [0.25, 0.3) is 0 Å². The molecule has 1 aromatic heterocycles. The van der Waals surface area contributed by atoms with Crippen LogP contribution in [-0.2, 0) is 6.18 Å². The van der Waals surface area contributed by atoms with Crippen LogP contribution in [-0.4, -0.2) is 17.9 Å². The van der Waals surface area contributed by atoms with E-state index in [0.717, 1.165) is 0 Å². The van der Waals surface area contributed by atoms with Crippen molar-refractivity contribution in [1.82, 2.24) is 4.98 Å². The molecule has 0 N–H and O–H groups in total. The van der Waals surface area contributed by atoms with Crippen molar-refractivity contribution in [2.24, 2.45) is 0 Å². The number of hydrogen-bond acceptors (Lipinski definition) is 4. The third kappa shape index (κ3) is 2.94. The van der Waals surface area contributed by atoms with Crippen molar-refractivity contribution >= 4 is 28.7 Å². The number of carbonyl (C=O) groups excluding carboxylic acids is 1. The lowest BCUT2D eigenvalue weighted by molar-refractivity contribution is -0.141. The van der Waals surface area contributed by atoms with E-state index in [1.165, 1.54) is 25.3 Å². The van der Waals surface area contributed by atoms with Crippen molar-refractivity contribution in [3.63, 3.8) is 0 Å². The topological polar surface area (TPSA) is 39.2 Å². The third-order valence-electron chi connectivity index (χ3n) is 2.41. The minimum atomic E-state index is -4.73. The van der Waals surface area contributed by atoms with Gasteiger partial charge in [0, 0.05) is 5.56 Å². The number of alkyl halides is 3. The second-order valence-corrected chi connectivity index (χ2v) is 5.28. The molecule has 106 valence electrons. The lowest BCUT2D eigenvalue weighted by Gasteiger charge is -2.06. The normalized spacial score (nSPS) is 11.4. The molecule has 0 aliphatic heterocycles. The first kappa shape index (κ1) is 14.8. The number of benzene rings is 1. The summed E-state index contributed by atoms with van der Waals surface area (Å²) >= 11 is 5.99. The van der Waals surface area contributed by atoms with Crippen LogP contribution in [0.15, 0.2) is 24.3 Å². The van der Waals surface area contributed by atoms with Crippen LogP contribution in [0.3, 0.4) is 0 Å². The van der Waals surface area contributed by atoms with Gasteiger partial charge >= 0.3 is 6.18 Å². The van der Waals surface area contributed by atoms with Crippen LogP contribution in [0.1, 0.15) is 20.9 Å². The first-order chi connectivity index (χ1) is 9.32. The van der Waals surface area contributed by atoms with E-state index in [1.807, 2.05) is 0 Å². The van der Waals surface area contributed by atoms with Crippen LogP contribution < -0.4 is 4.74 Å². The number of carbonyl (C=O) groups is 1. The summed E-state index contributed by atoms with van der Waals surface area (Å²) in [5, 5.41) is 0. The third-order valence-corrected chi connectivity index (χ3v) is 3.57. The number of ketones is 1. The van der Waals surface area contributed by atoms with E-state index in [2.05, 4.69) is 4.98 Å². The summed E-state index contributed by atoms with van der Waals surface area (Å²) < 4.78 is 43.0. The lowest BCUT2D eigenvalue weighted by atomic mass is 10.1. The Morgan fingerprint density at radius 3 is 2.70 bits per heavy atom. The zero-order valence-corrected chi connectivity index (χ0v) is 11.6. The number of nitrogens with zero attached hydrogens (tertiary/aromatic N) is 1. The first-order valence-corrected chi connectivity index (χ1v) is 6.44. The molecule has 0 spiro atoms. The number of aromatic nitrogens is 1. The average molecular weight is 322 g/mol. The predicted octanol–water partition coefficient (Wildman–Crippen LogP) is 4.05. The van der Waals surface area contributed by atoms with Gasteiger partial charge in [-0.1, -0.05) is 35.1 Å². The van der Waals surface area contributed by atoms with Gasteiger partial charge in [0.1, 0.15) is 10.6 Å². The van der Waals surface area contributed by atoms with Gasteiger partial charge in [-0.05, 0) is 12.1 Å². The largest absolute Gasteiger partial charge is 0.497 e. The van der Waals surface area contributed by atoms with Gasteiger partial charge in [0.15, 0.2) is 10.2 Å². The van der Waals surface area contributed by atoms with E-state index in [0.29, 0.717) is 17.1 Å². The SMILES string of the molecule is COc1cccc(C(=O)c2sc(Cl)nc2C(F)(F)F)c1. The molecule has 1 aromatic carbocycles. The van der Waals surface area contributed by atoms with E-state index in [-0.39, 0.29) is 10.0 Å². The number of hydrogen-bond donors (Lipinski definition) is 0. The summed E-state index contributed by atoms with van der Waals surface area (Å²) in [7, 11) is 1.40. The van der Waals surface area contributed by atoms with Crippen molar-refractivity contribution in [1.29, 1.82) is 0 Å². The van der Waals surface area contributed by atoms with E-state index in [9.17, 15) is 18.0 Å². The van der Waals surface area contributed by atoms with E-state index in [1.54, 1.807) is 6.07 Å². The van der Waals surface area contributed by atoms with Crippen LogP contribution in [0.2, 0.25) is 4.47 Å². The number of rotatable bonds is 3. The van der Waals surface area contributed by atoms with Crippen LogP contribution in [0.5, 0.6) is 5.75 Å². The fourth-order valence-electron chi connectivity index (χ4n) is 1.54. The molecule has 0 saturated carbocycles. The standard InChI is InChI=1S/C12H7ClF3NO2S/c1-19-7-4-2-3-6(5-7)8(18)9-10(12(14,15)16)17-11(13)20-9/h2-5H,1H3. The number of thiazole rings is 1. The van der Waals surface area contributed by atoms with Crippen LogP contribution in [0, 0.1) is 0 Å². The summed E-state index contributed by atoms with van der Waals surface area (Å²) in [5.41, 5.74) is -1.18. The summed E-state index contributed by atoms with van der Waals surface area (Å²) in [6, 6.07) is 5.86. The summed E-state index contributed by atoms with van der Waals surface area (Å²) in [5.74, 6) is -0.416. The van der Waals surface area contributed by atoms with Gasteiger partial charge in [0.2, 0.25) is 5.78 Å². The zero-order chi connectivity index (χ0) is 14.9. The maximum Gasteiger partial charge on any atom is 0.434 e. The molecule has 0 radical (unpaired) electrons. The highest BCUT2D eigenvalue weighted by Gasteiger charge is 2.39. The second-order valence-electron chi connectivity index (χ2n) is 3.70. The molecule has 0 atom stereocenters. The van der Waals surface area contributed by atoms with E-state index in [4.69, 9.17) is 16.3 Å². The summed E-state index contributed by atoms with van der Waals surface area (Å²) in [6.07, 6.45) is -4.73. The molecule has 20 heavy (non-hydrogen) atoms. The molecule has 0 aliphatic carbocycles. The molecule has 1 heterocycles. The van der Waals surface area contributed by atoms with Gasteiger partial charge in [-0.2, -0.15) is 13.2 Å². The molecule has 8 heteroatoms. The maximum atomic E-state index is 12.8. The van der Waals surface area contributed by atoms with Crippen molar-refractivity contribution < 1.29 is 22.7 Å². The Bertz CT molecular complexity index is 654. The Labute approximate surface area is 121 Å². The highest BCUT2D eigenvalue weighted by Crippen LogP contribution is 2.37. The summed E-state index contributed by atoms with van der Waals surface area (Å²) in [6.45, 7) is 0. The monoisotopic (exact) mass is 321 g/mol. The Balaban J connectivity index is 2.48. The Kier molecular flexibility index (Phi) is 4.01. The van der Waals surface area contributed by atoms with Crippen molar-refractivity contribution in [2.75, 3.05) is 7.11 Å². The van der Waals surface area contributed by atoms with E-state index >= 15 is 0 Å². The van der Waals surface area contributed by atoms with Crippen molar-refractivity contribution in [3.8, 4) is 5.75 Å². The maximum absolute atomic E-state index is 12.8. The summed E-state index contributed by atoms with van der Waals surface area (Å²) in [4.78, 5) is 14.8. The first-order valence-electron chi connectivity index (χ1n) is 5.25. The molecule has 0 amide bonds. The van der Waals surface area contributed by atoms with Crippen LogP contribution >= 0.6 is 22.9 Å². The molecular weight excluding hydrogens is 315 g/mol. The van der Waals surface area contributed by atoms with Gasteiger partial charge in [-0.25, -0.2) is 4.98 Å². The van der Waals surface area contributed by atoms with E-state index < -0.39 is 22.5 Å². The fraction of sp³-hybridized carbons (Fsp3) is 0.167. The number of methoxy groups -OCH3 is 1. The highest BCUT2D eigenvalue weighted by molar-refractivity contribution is 7.17. The molecule has 0 unspecified atom stereocenters. The van der Waals surface area contributed by atoms with Gasteiger partial charge in [0.05, 0.1) is 7.11 Å². The molecule has 0 aliphatic rings. The van der Waals surface area contributed by atoms with Gasteiger partial charge in [-0.15, -0.1) is 0 Å². The molecular formula is C12H7ClF3NO2S. The minimum absolute atomic E-state index is 0.0789. The molecule has 0 bridgehead atoms. The van der Waals surface area contributed by atoms with Gasteiger partial charge < -0.3 is 4.74 Å². The minimum Gasteiger partial charge on any atom is -0.497 e. The van der Waals surface area contributed by atoms with Gasteiger partial charge in [-0.3, -0.25) is 4.79 Å². The quantitative estimate of drug-likeness (QED) is 0.800. The highest BCUT2D eigenvalue weighted by atomic mass is 35.5. The zero-order valence-electron chi connectivity index (χ0n) is 9.99. The van der Waals surface area contributed by atoms with Crippen LogP contribution in [0.4, 0.5) is 13.2 Å². The average Bonchev–Trinajstić information content (AvgIpc) is 2.80. The van der Waals surface area contributed by atoms with Crippen molar-refractivity contribution in [2.45, 2.75) is 6.18 Å². The Morgan fingerprint density at radius 1 is 1.40 bits per heavy atom. The predicted molar refractivity (Wildman–Crippen MR) is 68.6 cm³/mol.